The molecule has 0 radical (unpaired) electrons. The molecule has 14 nitrogen and oxygen atoms in total. The van der Waals surface area contributed by atoms with Crippen LogP contribution in [0.3, 0.4) is 0 Å². The Bertz CT molecular complexity index is 1510. The molecule has 0 aromatic carbocycles. The van der Waals surface area contributed by atoms with Crippen molar-refractivity contribution < 1.29 is 64.6 Å². The summed E-state index contributed by atoms with van der Waals surface area (Å²) >= 11 is 0. The fourth-order valence-electron chi connectivity index (χ4n) is 12.8. The molecule has 2 rings (SSSR count). The Labute approximate surface area is 533 Å². The van der Waals surface area contributed by atoms with E-state index >= 15 is 0 Å². The first-order chi connectivity index (χ1) is 42.6. The SMILES string of the molecule is CCCCCCCCCCCCCCCCCCCCCCCCCCCCCCCCC/C=C/C(O)C(COC1OC(CO)C(OC2OC(CO)C(O)C(O)C2O)C(O)C1O)NC(=O)CCCCCCCCCCCCCCCCCCCCCC. The van der Waals surface area contributed by atoms with Crippen molar-refractivity contribution in [2.75, 3.05) is 19.8 Å². The summed E-state index contributed by atoms with van der Waals surface area (Å²) in [6.45, 7) is 2.87. The van der Waals surface area contributed by atoms with Gasteiger partial charge in [-0.2, -0.15) is 0 Å². The fourth-order valence-corrected chi connectivity index (χ4v) is 12.8. The number of carbonyl (C=O) groups excluding carboxylic acids is 1. The van der Waals surface area contributed by atoms with E-state index in [9.17, 15) is 45.6 Å². The molecule has 87 heavy (non-hydrogen) atoms. The normalized spacial score (nSPS) is 23.2. The molecule has 0 aromatic rings. The van der Waals surface area contributed by atoms with Crippen LogP contribution in [0.1, 0.15) is 354 Å². The number of amides is 1. The lowest BCUT2D eigenvalue weighted by molar-refractivity contribution is -0.359. The Balaban J connectivity index is 1.63. The lowest BCUT2D eigenvalue weighted by atomic mass is 9.97. The molecule has 0 aromatic heterocycles. The second-order valence-electron chi connectivity index (χ2n) is 26.8. The average molecular weight is 1240 g/mol. The van der Waals surface area contributed by atoms with Crippen molar-refractivity contribution in [1.82, 2.24) is 5.32 Å². The third kappa shape index (κ3) is 42.6. The van der Waals surface area contributed by atoms with Crippen LogP contribution >= 0.6 is 0 Å². The quantitative estimate of drug-likeness (QED) is 0.0204. The Morgan fingerprint density at radius 1 is 0.402 bits per heavy atom. The van der Waals surface area contributed by atoms with Gasteiger partial charge in [0.05, 0.1) is 32.0 Å². The van der Waals surface area contributed by atoms with Gasteiger partial charge in [0.1, 0.15) is 48.8 Å². The lowest BCUT2D eigenvalue weighted by Crippen LogP contribution is -2.65. The van der Waals surface area contributed by atoms with Gasteiger partial charge in [0.2, 0.25) is 5.91 Å². The molecule has 12 unspecified atom stereocenters. The van der Waals surface area contributed by atoms with Gasteiger partial charge in [0, 0.05) is 6.42 Å². The summed E-state index contributed by atoms with van der Waals surface area (Å²) in [6.07, 6.45) is 55.7. The summed E-state index contributed by atoms with van der Waals surface area (Å²) in [5, 5.41) is 87.5. The minimum Gasteiger partial charge on any atom is -0.394 e. The van der Waals surface area contributed by atoms with E-state index in [0.717, 1.165) is 38.5 Å². The van der Waals surface area contributed by atoms with Gasteiger partial charge < -0.3 is 65.1 Å². The molecular formula is C73H141NO13. The number of allylic oxidation sites excluding steroid dienone is 1. The molecule has 2 aliphatic rings. The summed E-state index contributed by atoms with van der Waals surface area (Å²) in [7, 11) is 0. The van der Waals surface area contributed by atoms with Crippen LogP contribution in [0.15, 0.2) is 12.2 Å². The molecule has 2 heterocycles. The molecule has 9 N–H and O–H groups in total. The number of hydrogen-bond donors (Lipinski definition) is 9. The first-order valence-corrected chi connectivity index (χ1v) is 37.4. The van der Waals surface area contributed by atoms with Crippen LogP contribution in [0.25, 0.3) is 0 Å². The average Bonchev–Trinajstić information content (AvgIpc) is 2.50. The van der Waals surface area contributed by atoms with Gasteiger partial charge in [-0.3, -0.25) is 4.79 Å². The van der Waals surface area contributed by atoms with Crippen LogP contribution in [0.2, 0.25) is 0 Å². The Kier molecular flexibility index (Phi) is 55.1. The number of aliphatic hydroxyl groups is 8. The highest BCUT2D eigenvalue weighted by Crippen LogP contribution is 2.30. The second kappa shape index (κ2) is 58.5. The van der Waals surface area contributed by atoms with Crippen LogP contribution < -0.4 is 5.32 Å². The van der Waals surface area contributed by atoms with E-state index in [1.807, 2.05) is 6.08 Å². The Hall–Kier alpha value is -1.27. The van der Waals surface area contributed by atoms with Crippen molar-refractivity contribution in [2.24, 2.45) is 0 Å². The number of nitrogens with one attached hydrogen (secondary N) is 1. The summed E-state index contributed by atoms with van der Waals surface area (Å²) in [5.41, 5.74) is 0. The molecule has 1 amide bonds. The third-order valence-corrected chi connectivity index (χ3v) is 18.7. The minimum atomic E-state index is -1.79. The maximum absolute atomic E-state index is 13.3. The van der Waals surface area contributed by atoms with Crippen molar-refractivity contribution in [1.29, 1.82) is 0 Å². The first-order valence-electron chi connectivity index (χ1n) is 37.4. The zero-order valence-corrected chi connectivity index (χ0v) is 56.3. The van der Waals surface area contributed by atoms with Crippen LogP contribution in [0, 0.1) is 0 Å². The van der Waals surface area contributed by atoms with E-state index in [0.29, 0.717) is 6.42 Å². The van der Waals surface area contributed by atoms with Crippen LogP contribution in [-0.2, 0) is 23.7 Å². The van der Waals surface area contributed by atoms with E-state index in [2.05, 4.69) is 19.2 Å². The molecule has 12 atom stereocenters. The minimum absolute atomic E-state index is 0.231. The van der Waals surface area contributed by atoms with Gasteiger partial charge in [-0.15, -0.1) is 0 Å². The van der Waals surface area contributed by atoms with Crippen molar-refractivity contribution >= 4 is 5.91 Å². The van der Waals surface area contributed by atoms with Gasteiger partial charge >= 0.3 is 0 Å². The standard InChI is InChI=1S/C73H141NO13/c1-3-5-7-9-11-13-15-17-19-21-23-25-26-27-28-29-30-31-32-33-34-35-36-37-38-40-42-44-46-48-50-52-54-56-62(77)61(74-65(78)57-55-53-51-49-47-45-43-41-39-24-22-20-18-16-14-12-10-8-6-4-2)60-84-72-70(83)68(81)71(64(59-76)86-72)87-73-69(82)67(80)66(79)63(58-75)85-73/h54,56,61-64,66-73,75-77,79-83H,3-53,55,57-60H2,1-2H3,(H,74,78)/b56-54+. The highest BCUT2D eigenvalue weighted by molar-refractivity contribution is 5.76. The topological polar surface area (TPSA) is 228 Å². The largest absolute Gasteiger partial charge is 0.394 e. The van der Waals surface area contributed by atoms with Gasteiger partial charge in [-0.25, -0.2) is 0 Å². The smallest absolute Gasteiger partial charge is 0.220 e. The molecule has 0 bridgehead atoms. The molecule has 2 aliphatic heterocycles. The van der Waals surface area contributed by atoms with Gasteiger partial charge in [0.25, 0.3) is 0 Å². The third-order valence-electron chi connectivity index (χ3n) is 18.7. The summed E-state index contributed by atoms with van der Waals surface area (Å²) < 4.78 is 22.9. The second-order valence-corrected chi connectivity index (χ2v) is 26.8. The van der Waals surface area contributed by atoms with Crippen molar-refractivity contribution in [3.05, 3.63) is 12.2 Å². The molecule has 0 aliphatic carbocycles. The molecular weight excluding hydrogens is 1100 g/mol. The number of ether oxygens (including phenoxy) is 4. The number of rotatable bonds is 63. The zero-order chi connectivity index (χ0) is 63.1. The summed E-state index contributed by atoms with van der Waals surface area (Å²) in [5.74, 6) is -0.231. The predicted octanol–water partition coefficient (Wildman–Crippen LogP) is 15.7. The number of unbranched alkanes of at least 4 members (excludes halogenated alkanes) is 50. The van der Waals surface area contributed by atoms with Gasteiger partial charge in [0.15, 0.2) is 12.6 Å². The van der Waals surface area contributed by atoms with Gasteiger partial charge in [-0.05, 0) is 19.3 Å². The Morgan fingerprint density at radius 2 is 0.713 bits per heavy atom. The van der Waals surface area contributed by atoms with E-state index in [4.69, 9.17) is 18.9 Å². The number of hydrogen-bond acceptors (Lipinski definition) is 13. The maximum atomic E-state index is 13.3. The Morgan fingerprint density at radius 3 is 1.06 bits per heavy atom. The number of aliphatic hydroxyl groups excluding tert-OH is 8. The molecule has 516 valence electrons. The first kappa shape index (κ1) is 81.8. The zero-order valence-electron chi connectivity index (χ0n) is 56.3. The van der Waals surface area contributed by atoms with Crippen molar-refractivity contribution in [2.45, 2.75) is 428 Å². The van der Waals surface area contributed by atoms with Crippen LogP contribution in [0.5, 0.6) is 0 Å². The monoisotopic (exact) mass is 1240 g/mol. The highest BCUT2D eigenvalue weighted by atomic mass is 16.7. The lowest BCUT2D eigenvalue weighted by Gasteiger charge is -2.46. The molecule has 2 fully saturated rings. The predicted molar refractivity (Wildman–Crippen MR) is 355 cm³/mol. The molecule has 0 spiro atoms. The summed E-state index contributed by atoms with van der Waals surface area (Å²) in [4.78, 5) is 13.3. The van der Waals surface area contributed by atoms with E-state index in [1.54, 1.807) is 6.08 Å². The fraction of sp³-hybridized carbons (Fsp3) is 0.959. The van der Waals surface area contributed by atoms with E-state index < -0.39 is 86.8 Å². The van der Waals surface area contributed by atoms with E-state index in [1.165, 1.54) is 289 Å². The van der Waals surface area contributed by atoms with Crippen LogP contribution in [0.4, 0.5) is 0 Å². The van der Waals surface area contributed by atoms with Crippen molar-refractivity contribution in [3.63, 3.8) is 0 Å². The van der Waals surface area contributed by atoms with Crippen LogP contribution in [-0.4, -0.2) is 140 Å². The van der Waals surface area contributed by atoms with E-state index in [-0.39, 0.29) is 18.9 Å². The summed E-state index contributed by atoms with van der Waals surface area (Å²) in [6, 6.07) is -0.911. The molecule has 2 saturated heterocycles. The number of carbonyl (C=O) groups is 1. The van der Waals surface area contributed by atoms with Gasteiger partial charge in [-0.1, -0.05) is 341 Å². The maximum Gasteiger partial charge on any atom is 0.220 e. The van der Waals surface area contributed by atoms with Crippen molar-refractivity contribution in [3.8, 4) is 0 Å². The highest BCUT2D eigenvalue weighted by Gasteiger charge is 2.51. The molecule has 0 saturated carbocycles. The molecule has 14 heteroatoms.